The van der Waals surface area contributed by atoms with Gasteiger partial charge in [0.15, 0.2) is 0 Å². The molecule has 0 aliphatic rings. The van der Waals surface area contributed by atoms with Gasteiger partial charge in [0.25, 0.3) is 10.0 Å². The molecule has 0 bridgehead atoms. The van der Waals surface area contributed by atoms with Gasteiger partial charge in [0, 0.05) is 22.4 Å². The van der Waals surface area contributed by atoms with E-state index in [1.807, 2.05) is 42.5 Å². The molecule has 0 aliphatic carbocycles. The summed E-state index contributed by atoms with van der Waals surface area (Å²) in [6, 6.07) is 30.3. The second-order valence-corrected chi connectivity index (χ2v) is 11.1. The number of thioether (sulfide) groups is 1. The molecule has 0 atom stereocenters. The minimum atomic E-state index is -4.09. The zero-order valence-corrected chi connectivity index (χ0v) is 22.7. The van der Waals surface area contributed by atoms with E-state index in [0.29, 0.717) is 11.4 Å². The SMILES string of the molecule is COc1ccc(N(CC(=O)Nc2ccc(CSc3ccccc3)cc2)S(=O)(=O)c2ccccc2)c(OC)c1. The molecule has 4 aromatic carbocycles. The number of anilines is 2. The second-order valence-electron chi connectivity index (χ2n) is 8.21. The van der Waals surface area contributed by atoms with Gasteiger partial charge in [0.1, 0.15) is 18.0 Å². The number of ether oxygens (including phenoxy) is 2. The summed E-state index contributed by atoms with van der Waals surface area (Å²) in [5.41, 5.74) is 1.90. The van der Waals surface area contributed by atoms with Crippen LogP contribution in [0.4, 0.5) is 11.4 Å². The van der Waals surface area contributed by atoms with E-state index in [-0.39, 0.29) is 16.3 Å². The molecule has 0 radical (unpaired) electrons. The summed E-state index contributed by atoms with van der Waals surface area (Å²) < 4.78 is 39.0. The molecule has 4 aromatic rings. The van der Waals surface area contributed by atoms with Crippen LogP contribution in [0.1, 0.15) is 5.56 Å². The maximum atomic E-state index is 13.6. The van der Waals surface area contributed by atoms with Gasteiger partial charge in [-0.3, -0.25) is 9.10 Å². The summed E-state index contributed by atoms with van der Waals surface area (Å²) in [6.07, 6.45) is 0. The Labute approximate surface area is 227 Å². The monoisotopic (exact) mass is 548 g/mol. The summed E-state index contributed by atoms with van der Waals surface area (Å²) in [6.45, 7) is -0.453. The molecule has 7 nitrogen and oxygen atoms in total. The van der Waals surface area contributed by atoms with Crippen molar-refractivity contribution in [3.05, 3.63) is 109 Å². The fourth-order valence-electron chi connectivity index (χ4n) is 3.71. The Morgan fingerprint density at radius 3 is 2.13 bits per heavy atom. The molecule has 196 valence electrons. The van der Waals surface area contributed by atoms with Crippen LogP contribution in [-0.4, -0.2) is 35.1 Å². The van der Waals surface area contributed by atoms with Crippen LogP contribution in [0.3, 0.4) is 0 Å². The van der Waals surface area contributed by atoms with Crippen molar-refractivity contribution < 1.29 is 22.7 Å². The minimum Gasteiger partial charge on any atom is -0.497 e. The van der Waals surface area contributed by atoms with Crippen molar-refractivity contribution in [3.63, 3.8) is 0 Å². The van der Waals surface area contributed by atoms with E-state index in [2.05, 4.69) is 17.4 Å². The number of benzene rings is 4. The Hall–Kier alpha value is -3.95. The smallest absolute Gasteiger partial charge is 0.264 e. The van der Waals surface area contributed by atoms with E-state index in [9.17, 15) is 13.2 Å². The third-order valence-corrected chi connectivity index (χ3v) is 8.52. The number of methoxy groups -OCH3 is 2. The molecule has 9 heteroatoms. The zero-order chi connectivity index (χ0) is 27.0. The fraction of sp³-hybridized carbons (Fsp3) is 0.138. The Kier molecular flexibility index (Phi) is 8.93. The highest BCUT2D eigenvalue weighted by Gasteiger charge is 2.29. The van der Waals surface area contributed by atoms with Crippen molar-refractivity contribution in [2.75, 3.05) is 30.4 Å². The van der Waals surface area contributed by atoms with Gasteiger partial charge in [0.2, 0.25) is 5.91 Å². The van der Waals surface area contributed by atoms with Crippen molar-refractivity contribution in [1.29, 1.82) is 0 Å². The van der Waals surface area contributed by atoms with E-state index >= 15 is 0 Å². The summed E-state index contributed by atoms with van der Waals surface area (Å²) in [4.78, 5) is 14.3. The zero-order valence-electron chi connectivity index (χ0n) is 21.0. The average molecular weight is 549 g/mol. The van der Waals surface area contributed by atoms with Crippen LogP contribution in [0, 0.1) is 0 Å². The normalized spacial score (nSPS) is 11.0. The summed E-state index contributed by atoms with van der Waals surface area (Å²) in [5, 5.41) is 2.81. The number of rotatable bonds is 11. The molecular formula is C29H28N2O5S2. The van der Waals surface area contributed by atoms with Gasteiger partial charge < -0.3 is 14.8 Å². The molecule has 0 fully saturated rings. The molecule has 0 saturated heterocycles. The first kappa shape index (κ1) is 27.1. The second kappa shape index (κ2) is 12.5. The highest BCUT2D eigenvalue weighted by Crippen LogP contribution is 2.35. The summed E-state index contributed by atoms with van der Waals surface area (Å²) >= 11 is 1.72. The van der Waals surface area contributed by atoms with Crippen molar-refractivity contribution in [3.8, 4) is 11.5 Å². The first-order valence-corrected chi connectivity index (χ1v) is 14.2. The molecule has 0 spiro atoms. The lowest BCUT2D eigenvalue weighted by atomic mass is 10.2. The Bertz CT molecular complexity index is 1460. The van der Waals surface area contributed by atoms with E-state index in [1.165, 1.54) is 31.2 Å². The maximum absolute atomic E-state index is 13.6. The Morgan fingerprint density at radius 1 is 0.842 bits per heavy atom. The number of carbonyl (C=O) groups excluding carboxylic acids is 1. The van der Waals surface area contributed by atoms with E-state index < -0.39 is 22.5 Å². The molecule has 0 aliphatic heterocycles. The minimum absolute atomic E-state index is 0.0611. The van der Waals surface area contributed by atoms with Crippen molar-refractivity contribution in [1.82, 2.24) is 0 Å². The number of carbonyl (C=O) groups is 1. The van der Waals surface area contributed by atoms with Crippen LogP contribution >= 0.6 is 11.8 Å². The summed E-state index contributed by atoms with van der Waals surface area (Å²) in [5.74, 6) is 1.06. The summed E-state index contributed by atoms with van der Waals surface area (Å²) in [7, 11) is -1.15. The van der Waals surface area contributed by atoms with Gasteiger partial charge in [0.05, 0.1) is 24.8 Å². The predicted molar refractivity (Wildman–Crippen MR) is 152 cm³/mol. The lowest BCUT2D eigenvalue weighted by Crippen LogP contribution is -2.38. The number of amides is 1. The standard InChI is InChI=1S/C29H28N2O5S2/c1-35-24-17-18-27(28(19-24)36-2)31(38(33,34)26-11-7-4-8-12-26)20-29(32)30-23-15-13-22(14-16-23)21-37-25-9-5-3-6-10-25/h3-19H,20-21H2,1-2H3,(H,30,32). The first-order valence-electron chi connectivity index (χ1n) is 11.8. The molecule has 0 aromatic heterocycles. The van der Waals surface area contributed by atoms with Gasteiger partial charge in [-0.05, 0) is 54.1 Å². The molecular weight excluding hydrogens is 520 g/mol. The average Bonchev–Trinajstić information content (AvgIpc) is 2.96. The lowest BCUT2D eigenvalue weighted by Gasteiger charge is -2.26. The first-order chi connectivity index (χ1) is 18.4. The van der Waals surface area contributed by atoms with Crippen LogP contribution in [-0.2, 0) is 20.6 Å². The van der Waals surface area contributed by atoms with Crippen LogP contribution in [0.2, 0.25) is 0 Å². The molecule has 1 N–H and O–H groups in total. The van der Waals surface area contributed by atoms with Gasteiger partial charge in [-0.1, -0.05) is 48.5 Å². The molecule has 4 rings (SSSR count). The Balaban J connectivity index is 1.53. The van der Waals surface area contributed by atoms with Crippen LogP contribution in [0.5, 0.6) is 11.5 Å². The fourth-order valence-corrected chi connectivity index (χ4v) is 6.04. The number of nitrogens with zero attached hydrogens (tertiary/aromatic N) is 1. The van der Waals surface area contributed by atoms with Crippen LogP contribution in [0.15, 0.2) is 113 Å². The maximum Gasteiger partial charge on any atom is 0.264 e. The predicted octanol–water partition coefficient (Wildman–Crippen LogP) is 5.83. The lowest BCUT2D eigenvalue weighted by molar-refractivity contribution is -0.114. The van der Waals surface area contributed by atoms with E-state index in [4.69, 9.17) is 9.47 Å². The molecule has 38 heavy (non-hydrogen) atoms. The number of hydrogen-bond donors (Lipinski definition) is 1. The molecule has 0 saturated carbocycles. The highest BCUT2D eigenvalue weighted by molar-refractivity contribution is 7.98. The molecule has 1 amide bonds. The van der Waals surface area contributed by atoms with Crippen LogP contribution < -0.4 is 19.1 Å². The van der Waals surface area contributed by atoms with E-state index in [1.54, 1.807) is 48.2 Å². The van der Waals surface area contributed by atoms with Gasteiger partial charge in [-0.25, -0.2) is 8.42 Å². The number of hydrogen-bond acceptors (Lipinski definition) is 6. The van der Waals surface area contributed by atoms with E-state index in [0.717, 1.165) is 15.6 Å². The largest absolute Gasteiger partial charge is 0.497 e. The quantitative estimate of drug-likeness (QED) is 0.238. The van der Waals surface area contributed by atoms with Crippen molar-refractivity contribution in [2.45, 2.75) is 15.5 Å². The Morgan fingerprint density at radius 2 is 1.50 bits per heavy atom. The van der Waals surface area contributed by atoms with Gasteiger partial charge >= 0.3 is 0 Å². The third-order valence-electron chi connectivity index (χ3n) is 5.66. The number of sulfonamides is 1. The van der Waals surface area contributed by atoms with Crippen molar-refractivity contribution in [2.24, 2.45) is 0 Å². The number of nitrogens with one attached hydrogen (secondary N) is 1. The molecule has 0 heterocycles. The highest BCUT2D eigenvalue weighted by atomic mass is 32.2. The van der Waals surface area contributed by atoms with Crippen LogP contribution in [0.25, 0.3) is 0 Å². The topological polar surface area (TPSA) is 84.9 Å². The van der Waals surface area contributed by atoms with Gasteiger partial charge in [-0.2, -0.15) is 0 Å². The third kappa shape index (κ3) is 6.67. The van der Waals surface area contributed by atoms with Gasteiger partial charge in [-0.15, -0.1) is 11.8 Å². The molecule has 0 unspecified atom stereocenters. The van der Waals surface area contributed by atoms with Crippen molar-refractivity contribution >= 4 is 39.1 Å².